The van der Waals surface area contributed by atoms with E-state index in [9.17, 15) is 32.2 Å². The molecule has 2 aromatic rings. The topological polar surface area (TPSA) is 80.9 Å². The minimum absolute atomic E-state index is 0.291. The lowest BCUT2D eigenvalue weighted by atomic mass is 10.0. The van der Waals surface area contributed by atoms with Crippen molar-refractivity contribution in [2.24, 2.45) is 0 Å². The van der Waals surface area contributed by atoms with Crippen LogP contribution >= 0.6 is 0 Å². The molecule has 0 amide bonds. The van der Waals surface area contributed by atoms with Crippen LogP contribution in [0.1, 0.15) is 0 Å². The minimum atomic E-state index is -2.30. The fourth-order valence-electron chi connectivity index (χ4n) is 1.68. The largest absolute Gasteiger partial charge is 0.505 e. The van der Waals surface area contributed by atoms with Crippen molar-refractivity contribution in [3.63, 3.8) is 0 Å². The summed E-state index contributed by atoms with van der Waals surface area (Å²) in [7, 11) is 0. The third-order valence-electron chi connectivity index (χ3n) is 2.70. The van der Waals surface area contributed by atoms with E-state index in [1.54, 1.807) is 0 Å². The van der Waals surface area contributed by atoms with Gasteiger partial charge in [-0.15, -0.1) is 0 Å². The molecule has 0 saturated carbocycles. The number of hydrogen-bond acceptors (Lipinski definition) is 4. The predicted molar refractivity (Wildman–Crippen MR) is 58.3 cm³/mol. The van der Waals surface area contributed by atoms with Crippen molar-refractivity contribution in [2.75, 3.05) is 0 Å². The van der Waals surface area contributed by atoms with E-state index in [1.807, 2.05) is 0 Å². The average Bonchev–Trinajstić information content (AvgIpc) is 2.46. The number of benzene rings is 2. The molecule has 112 valence electrons. The molecule has 2 rings (SSSR count). The molecule has 0 saturated heterocycles. The van der Waals surface area contributed by atoms with Crippen molar-refractivity contribution < 1.29 is 42.4 Å². The molecule has 9 heteroatoms. The second-order valence-electron chi connectivity index (χ2n) is 3.93. The van der Waals surface area contributed by atoms with E-state index in [-0.39, 0.29) is 0 Å². The van der Waals surface area contributed by atoms with E-state index in [1.165, 1.54) is 0 Å². The zero-order chi connectivity index (χ0) is 16.1. The molecule has 0 fully saturated rings. The van der Waals surface area contributed by atoms with Gasteiger partial charge in [0.25, 0.3) is 0 Å². The van der Waals surface area contributed by atoms with Crippen LogP contribution in [-0.4, -0.2) is 20.4 Å². The Morgan fingerprint density at radius 3 is 1.67 bits per heavy atom. The smallest absolute Gasteiger partial charge is 0.210 e. The summed E-state index contributed by atoms with van der Waals surface area (Å²) in [6.07, 6.45) is 0. The minimum Gasteiger partial charge on any atom is -0.505 e. The standard InChI is InChI=1S/C12H5F5O4/c13-5-3(18)1-2(10(19)12(5)21)4-6(14)7(15)8(16)9(17)11(4)20/h1,18-21H. The van der Waals surface area contributed by atoms with Crippen molar-refractivity contribution in [1.29, 1.82) is 0 Å². The fourth-order valence-corrected chi connectivity index (χ4v) is 1.68. The first kappa shape index (κ1) is 14.7. The number of rotatable bonds is 1. The first-order valence-electron chi connectivity index (χ1n) is 5.17. The number of phenols is 4. The van der Waals surface area contributed by atoms with Gasteiger partial charge in [0.1, 0.15) is 0 Å². The lowest BCUT2D eigenvalue weighted by molar-refractivity contribution is 0.355. The predicted octanol–water partition coefficient (Wildman–Crippen LogP) is 2.87. The van der Waals surface area contributed by atoms with Gasteiger partial charge in [0.05, 0.1) is 5.56 Å². The Hall–Kier alpha value is -2.71. The number of aromatic hydroxyl groups is 4. The van der Waals surface area contributed by atoms with Gasteiger partial charge in [-0.3, -0.25) is 0 Å². The fraction of sp³-hybridized carbons (Fsp3) is 0. The summed E-state index contributed by atoms with van der Waals surface area (Å²) in [6.45, 7) is 0. The molecule has 0 aliphatic heterocycles. The molecule has 0 spiro atoms. The quantitative estimate of drug-likeness (QED) is 0.215. The molecule has 0 heterocycles. The molecule has 21 heavy (non-hydrogen) atoms. The number of phenolic OH excluding ortho intramolecular Hbond substituents is 4. The van der Waals surface area contributed by atoms with Crippen molar-refractivity contribution in [1.82, 2.24) is 0 Å². The molecule has 4 N–H and O–H groups in total. The highest BCUT2D eigenvalue weighted by atomic mass is 19.2. The zero-order valence-electron chi connectivity index (χ0n) is 9.76. The second-order valence-corrected chi connectivity index (χ2v) is 3.93. The molecule has 2 aromatic carbocycles. The maximum Gasteiger partial charge on any atom is 0.210 e. The normalized spacial score (nSPS) is 10.9. The van der Waals surface area contributed by atoms with Crippen LogP contribution in [0.3, 0.4) is 0 Å². The molecule has 0 aliphatic rings. The van der Waals surface area contributed by atoms with Crippen LogP contribution in [0.4, 0.5) is 22.0 Å². The SMILES string of the molecule is Oc1cc(-c2c(O)c(F)c(F)c(F)c2F)c(O)c(O)c1F. The van der Waals surface area contributed by atoms with Gasteiger partial charge in [-0.05, 0) is 6.07 Å². The first-order chi connectivity index (χ1) is 9.68. The van der Waals surface area contributed by atoms with Gasteiger partial charge in [0.2, 0.25) is 17.5 Å². The lowest BCUT2D eigenvalue weighted by Gasteiger charge is -2.12. The highest BCUT2D eigenvalue weighted by molar-refractivity contribution is 5.80. The van der Waals surface area contributed by atoms with Crippen LogP contribution in [0, 0.1) is 29.1 Å². The average molecular weight is 308 g/mol. The Kier molecular flexibility index (Phi) is 3.28. The Labute approximate surface area is 112 Å². The van der Waals surface area contributed by atoms with Gasteiger partial charge in [0, 0.05) is 5.56 Å². The third kappa shape index (κ3) is 1.97. The summed E-state index contributed by atoms with van der Waals surface area (Å²) < 4.78 is 66.0. The van der Waals surface area contributed by atoms with E-state index in [4.69, 9.17) is 10.2 Å². The van der Waals surface area contributed by atoms with Crippen molar-refractivity contribution in [2.45, 2.75) is 0 Å². The molecule has 0 atom stereocenters. The second kappa shape index (κ2) is 4.69. The Morgan fingerprint density at radius 1 is 0.571 bits per heavy atom. The van der Waals surface area contributed by atoms with Crippen LogP contribution in [-0.2, 0) is 0 Å². The van der Waals surface area contributed by atoms with Crippen LogP contribution in [0.5, 0.6) is 23.0 Å². The maximum atomic E-state index is 13.6. The number of hydrogen-bond donors (Lipinski definition) is 4. The molecule has 0 aromatic heterocycles. The summed E-state index contributed by atoms with van der Waals surface area (Å²) >= 11 is 0. The monoisotopic (exact) mass is 308 g/mol. The summed E-state index contributed by atoms with van der Waals surface area (Å²) in [6, 6.07) is 0.291. The first-order valence-corrected chi connectivity index (χ1v) is 5.17. The van der Waals surface area contributed by atoms with Gasteiger partial charge in [-0.2, -0.15) is 8.78 Å². The Balaban J connectivity index is 2.93. The van der Waals surface area contributed by atoms with Crippen LogP contribution in [0.25, 0.3) is 11.1 Å². The van der Waals surface area contributed by atoms with Gasteiger partial charge in [-0.1, -0.05) is 0 Å². The molecule has 0 aliphatic carbocycles. The summed E-state index contributed by atoms with van der Waals surface area (Å²) in [5.74, 6) is -16.5. The highest BCUT2D eigenvalue weighted by Gasteiger charge is 2.29. The summed E-state index contributed by atoms with van der Waals surface area (Å²) in [5, 5.41) is 37.0. The van der Waals surface area contributed by atoms with Crippen LogP contribution in [0.2, 0.25) is 0 Å². The van der Waals surface area contributed by atoms with Crippen molar-refractivity contribution >= 4 is 0 Å². The van der Waals surface area contributed by atoms with E-state index in [0.29, 0.717) is 6.07 Å². The van der Waals surface area contributed by atoms with E-state index in [0.717, 1.165) is 0 Å². The molecular formula is C12H5F5O4. The van der Waals surface area contributed by atoms with Gasteiger partial charge in [0.15, 0.2) is 34.6 Å². The highest BCUT2D eigenvalue weighted by Crippen LogP contribution is 2.47. The summed E-state index contributed by atoms with van der Waals surface area (Å²) in [4.78, 5) is 0. The molecular weight excluding hydrogens is 303 g/mol. The molecule has 0 radical (unpaired) electrons. The van der Waals surface area contributed by atoms with Crippen molar-refractivity contribution in [3.05, 3.63) is 35.2 Å². The molecule has 0 unspecified atom stereocenters. The van der Waals surface area contributed by atoms with Crippen molar-refractivity contribution in [3.8, 4) is 34.1 Å². The Morgan fingerprint density at radius 2 is 1.10 bits per heavy atom. The zero-order valence-corrected chi connectivity index (χ0v) is 9.76. The third-order valence-corrected chi connectivity index (χ3v) is 2.70. The molecule has 0 bridgehead atoms. The van der Waals surface area contributed by atoms with E-state index < -0.39 is 63.2 Å². The van der Waals surface area contributed by atoms with E-state index >= 15 is 0 Å². The maximum absolute atomic E-state index is 13.6. The van der Waals surface area contributed by atoms with Gasteiger partial charge >= 0.3 is 0 Å². The van der Waals surface area contributed by atoms with Gasteiger partial charge in [-0.25, -0.2) is 13.2 Å². The van der Waals surface area contributed by atoms with Crippen LogP contribution < -0.4 is 0 Å². The van der Waals surface area contributed by atoms with E-state index in [2.05, 4.69) is 0 Å². The summed E-state index contributed by atoms with van der Waals surface area (Å²) in [5.41, 5.74) is -2.44. The van der Waals surface area contributed by atoms with Crippen LogP contribution in [0.15, 0.2) is 6.07 Å². The Bertz CT molecular complexity index is 731. The molecule has 4 nitrogen and oxygen atoms in total. The van der Waals surface area contributed by atoms with Gasteiger partial charge < -0.3 is 20.4 Å². The number of halogens is 5. The lowest BCUT2D eigenvalue weighted by Crippen LogP contribution is -2.00.